The molecule has 1 aromatic carbocycles. The van der Waals surface area contributed by atoms with Crippen LogP contribution in [0.25, 0.3) is 22.7 Å². The van der Waals surface area contributed by atoms with Gasteiger partial charge < -0.3 is 14.5 Å². The number of hydrogen-bond donors (Lipinski definition) is 1. The summed E-state index contributed by atoms with van der Waals surface area (Å²) in [6.07, 6.45) is 0.867. The molecule has 0 atom stereocenters. The molecule has 0 bridgehead atoms. The minimum atomic E-state index is -0.493. The first-order valence-electron chi connectivity index (χ1n) is 11.2. The molecule has 0 spiro atoms. The lowest BCUT2D eigenvalue weighted by Gasteiger charge is -2.10. The quantitative estimate of drug-likeness (QED) is 0.174. The number of hydrogen-bond acceptors (Lipinski definition) is 8. The van der Waals surface area contributed by atoms with Gasteiger partial charge in [-0.25, -0.2) is 4.79 Å². The summed E-state index contributed by atoms with van der Waals surface area (Å²) in [5.74, 6) is 0.551. The Hall–Kier alpha value is -2.89. The second-order valence-electron chi connectivity index (χ2n) is 8.06. The zero-order valence-corrected chi connectivity index (χ0v) is 23.5. The molecular formula is C25H25BrN4O4S2. The van der Waals surface area contributed by atoms with Crippen LogP contribution in [0.3, 0.4) is 0 Å². The van der Waals surface area contributed by atoms with E-state index in [1.807, 2.05) is 48.1 Å². The van der Waals surface area contributed by atoms with Gasteiger partial charge in [0, 0.05) is 17.5 Å². The number of esters is 1. The molecule has 4 aromatic rings. The molecule has 3 heterocycles. The van der Waals surface area contributed by atoms with E-state index in [-0.39, 0.29) is 11.7 Å². The number of nitrogens with one attached hydrogen (secondary N) is 1. The first-order valence-corrected chi connectivity index (χ1v) is 13.9. The minimum absolute atomic E-state index is 0.0982. The molecule has 3 aromatic heterocycles. The number of carbonyl (C=O) groups excluding carboxylic acids is 2. The standard InChI is InChI=1S/C25H25BrN4O4S2/c1-5-10-30-22(18-8-9-19(26)34-18)28-29-25(30)36-13-20(31)27-23-21(24(32)33-4)17(12-35-23)16-11-14(2)6-7-15(16)3/h6-9,11-12H,5,10,13H2,1-4H3,(H,27,31). The van der Waals surface area contributed by atoms with Gasteiger partial charge in [-0.1, -0.05) is 42.4 Å². The van der Waals surface area contributed by atoms with Crippen LogP contribution in [0, 0.1) is 13.8 Å². The Bertz CT molecular complexity index is 1410. The zero-order chi connectivity index (χ0) is 25.8. The van der Waals surface area contributed by atoms with Crippen LogP contribution >= 0.6 is 39.0 Å². The Morgan fingerprint density at radius 2 is 2.00 bits per heavy atom. The van der Waals surface area contributed by atoms with Crippen molar-refractivity contribution in [3.63, 3.8) is 0 Å². The maximum atomic E-state index is 12.9. The SMILES string of the molecule is CCCn1c(SCC(=O)Nc2scc(-c3cc(C)ccc3C)c2C(=O)OC)nnc1-c1ccc(Br)o1. The zero-order valence-electron chi connectivity index (χ0n) is 20.3. The molecule has 0 radical (unpaired) electrons. The third-order valence-corrected chi connectivity index (χ3v) is 7.70. The fraction of sp³-hybridized carbons (Fsp3) is 0.280. The van der Waals surface area contributed by atoms with Gasteiger partial charge in [-0.3, -0.25) is 9.36 Å². The molecule has 1 N–H and O–H groups in total. The second-order valence-corrected chi connectivity index (χ2v) is 10.7. The molecule has 0 unspecified atom stereocenters. The third kappa shape index (κ3) is 5.58. The van der Waals surface area contributed by atoms with E-state index in [0.29, 0.717) is 38.5 Å². The molecule has 0 fully saturated rings. The van der Waals surface area contributed by atoms with Crippen LogP contribution in [0.2, 0.25) is 0 Å². The molecule has 1 amide bonds. The first-order chi connectivity index (χ1) is 17.3. The number of methoxy groups -OCH3 is 1. The molecule has 188 valence electrons. The normalized spacial score (nSPS) is 11.0. The van der Waals surface area contributed by atoms with Crippen LogP contribution in [-0.4, -0.2) is 39.5 Å². The van der Waals surface area contributed by atoms with Crippen molar-refractivity contribution in [2.75, 3.05) is 18.2 Å². The van der Waals surface area contributed by atoms with Crippen molar-refractivity contribution in [2.24, 2.45) is 0 Å². The third-order valence-electron chi connectivity index (χ3n) is 5.41. The van der Waals surface area contributed by atoms with E-state index in [0.717, 1.165) is 28.7 Å². The van der Waals surface area contributed by atoms with Crippen LogP contribution in [0.4, 0.5) is 5.00 Å². The fourth-order valence-electron chi connectivity index (χ4n) is 3.71. The van der Waals surface area contributed by atoms with Gasteiger partial charge in [-0.15, -0.1) is 21.5 Å². The molecule has 0 saturated heterocycles. The van der Waals surface area contributed by atoms with E-state index in [2.05, 4.69) is 38.4 Å². The number of halogens is 1. The number of aryl methyl sites for hydroxylation is 2. The van der Waals surface area contributed by atoms with Crippen molar-refractivity contribution in [1.82, 2.24) is 14.8 Å². The summed E-state index contributed by atoms with van der Waals surface area (Å²) < 4.78 is 13.2. The summed E-state index contributed by atoms with van der Waals surface area (Å²) >= 11 is 5.89. The molecule has 8 nitrogen and oxygen atoms in total. The van der Waals surface area contributed by atoms with Gasteiger partial charge >= 0.3 is 5.97 Å². The lowest BCUT2D eigenvalue weighted by molar-refractivity contribution is -0.113. The van der Waals surface area contributed by atoms with Gasteiger partial charge in [-0.05, 0) is 59.5 Å². The second kappa shape index (κ2) is 11.4. The highest BCUT2D eigenvalue weighted by molar-refractivity contribution is 9.10. The molecule has 4 rings (SSSR count). The van der Waals surface area contributed by atoms with Crippen molar-refractivity contribution in [3.05, 3.63) is 57.1 Å². The van der Waals surface area contributed by atoms with Gasteiger partial charge in [0.1, 0.15) is 10.6 Å². The number of nitrogens with zero attached hydrogens (tertiary/aromatic N) is 3. The van der Waals surface area contributed by atoms with Crippen LogP contribution in [0.5, 0.6) is 0 Å². The Balaban J connectivity index is 1.54. The fourth-order valence-corrected chi connectivity index (χ4v) is 5.74. The summed E-state index contributed by atoms with van der Waals surface area (Å²) in [7, 11) is 1.34. The van der Waals surface area contributed by atoms with Crippen LogP contribution in [-0.2, 0) is 16.1 Å². The number of thiophene rings is 1. The van der Waals surface area contributed by atoms with Crippen LogP contribution in [0.1, 0.15) is 34.8 Å². The van der Waals surface area contributed by atoms with Crippen molar-refractivity contribution < 1.29 is 18.7 Å². The van der Waals surface area contributed by atoms with E-state index >= 15 is 0 Å². The van der Waals surface area contributed by atoms with E-state index in [4.69, 9.17) is 9.15 Å². The highest BCUT2D eigenvalue weighted by atomic mass is 79.9. The maximum Gasteiger partial charge on any atom is 0.341 e. The molecule has 36 heavy (non-hydrogen) atoms. The predicted octanol–water partition coefficient (Wildman–Crippen LogP) is 6.57. The average molecular weight is 590 g/mol. The predicted molar refractivity (Wildman–Crippen MR) is 146 cm³/mol. The van der Waals surface area contributed by atoms with Crippen LogP contribution < -0.4 is 5.32 Å². The van der Waals surface area contributed by atoms with E-state index in [1.54, 1.807) is 6.07 Å². The lowest BCUT2D eigenvalue weighted by Crippen LogP contribution is -2.16. The largest absolute Gasteiger partial charge is 0.465 e. The smallest absolute Gasteiger partial charge is 0.341 e. The number of aromatic nitrogens is 3. The molecule has 0 aliphatic heterocycles. The Morgan fingerprint density at radius 3 is 2.69 bits per heavy atom. The highest BCUT2D eigenvalue weighted by Crippen LogP contribution is 2.38. The molecular weight excluding hydrogens is 564 g/mol. The number of ether oxygens (including phenoxy) is 1. The molecule has 0 aliphatic carbocycles. The van der Waals surface area contributed by atoms with E-state index < -0.39 is 5.97 Å². The Labute approximate surface area is 225 Å². The van der Waals surface area contributed by atoms with Gasteiger partial charge in [0.25, 0.3) is 0 Å². The summed E-state index contributed by atoms with van der Waals surface area (Å²) in [6, 6.07) is 9.69. The molecule has 0 saturated carbocycles. The summed E-state index contributed by atoms with van der Waals surface area (Å²) in [5, 5.41) is 14.4. The monoisotopic (exact) mass is 588 g/mol. The first kappa shape index (κ1) is 26.2. The van der Waals surface area contributed by atoms with Gasteiger partial charge in [0.2, 0.25) is 11.7 Å². The maximum absolute atomic E-state index is 12.9. The van der Waals surface area contributed by atoms with E-state index in [9.17, 15) is 9.59 Å². The van der Waals surface area contributed by atoms with Gasteiger partial charge in [-0.2, -0.15) is 0 Å². The van der Waals surface area contributed by atoms with Gasteiger partial charge in [0.05, 0.1) is 12.9 Å². The van der Waals surface area contributed by atoms with Crippen LogP contribution in [0.15, 0.2) is 50.0 Å². The number of carbonyl (C=O) groups is 2. The number of thioether (sulfide) groups is 1. The number of rotatable bonds is 9. The van der Waals surface area contributed by atoms with E-state index in [1.165, 1.54) is 30.2 Å². The highest BCUT2D eigenvalue weighted by Gasteiger charge is 2.24. The topological polar surface area (TPSA) is 99.2 Å². The molecule has 0 aliphatic rings. The number of benzene rings is 1. The average Bonchev–Trinajstić information content (AvgIpc) is 3.57. The number of furan rings is 1. The Morgan fingerprint density at radius 1 is 1.19 bits per heavy atom. The van der Waals surface area contributed by atoms with Crippen molar-refractivity contribution >= 4 is 55.9 Å². The minimum Gasteiger partial charge on any atom is -0.465 e. The summed E-state index contributed by atoms with van der Waals surface area (Å²) in [6.45, 7) is 6.73. The Kier molecular flexibility index (Phi) is 8.32. The van der Waals surface area contributed by atoms with Crippen molar-refractivity contribution in [1.29, 1.82) is 0 Å². The number of anilines is 1. The van der Waals surface area contributed by atoms with Crippen molar-refractivity contribution in [2.45, 2.75) is 38.9 Å². The molecule has 11 heteroatoms. The van der Waals surface area contributed by atoms with Gasteiger partial charge in [0.15, 0.2) is 15.6 Å². The number of amides is 1. The van der Waals surface area contributed by atoms with Crippen molar-refractivity contribution in [3.8, 4) is 22.7 Å². The lowest BCUT2D eigenvalue weighted by atomic mass is 9.97. The summed E-state index contributed by atoms with van der Waals surface area (Å²) in [4.78, 5) is 25.6. The summed E-state index contributed by atoms with van der Waals surface area (Å²) in [5.41, 5.74) is 4.15.